The summed E-state index contributed by atoms with van der Waals surface area (Å²) in [4.78, 5) is 4.30. The van der Waals surface area contributed by atoms with Crippen molar-refractivity contribution in [2.24, 2.45) is 0 Å². The summed E-state index contributed by atoms with van der Waals surface area (Å²) in [7, 11) is 3.44. The molecule has 2 rings (SSSR count). The molecule has 0 bridgehead atoms. The fourth-order valence-corrected chi connectivity index (χ4v) is 1.58. The third kappa shape index (κ3) is 2.71. The van der Waals surface area contributed by atoms with E-state index in [1.54, 1.807) is 13.2 Å². The highest BCUT2D eigenvalue weighted by molar-refractivity contribution is 5.45. The molecule has 1 aromatic carbocycles. The molecule has 0 unspecified atom stereocenters. The van der Waals surface area contributed by atoms with Crippen molar-refractivity contribution in [2.75, 3.05) is 19.5 Å². The number of aromatic nitrogens is 1. The van der Waals surface area contributed by atoms with E-state index in [0.717, 1.165) is 11.4 Å². The lowest BCUT2D eigenvalue weighted by molar-refractivity contribution is 0.374. The first-order valence-electron chi connectivity index (χ1n) is 5.70. The molecule has 0 atom stereocenters. The molecule has 0 amide bonds. The van der Waals surface area contributed by atoms with E-state index in [2.05, 4.69) is 10.3 Å². The van der Waals surface area contributed by atoms with Crippen LogP contribution in [-0.2, 0) is 0 Å². The molecule has 1 N–H and O–H groups in total. The van der Waals surface area contributed by atoms with Gasteiger partial charge in [0.2, 0.25) is 5.88 Å². The Morgan fingerprint density at radius 2 is 1.94 bits per heavy atom. The van der Waals surface area contributed by atoms with Crippen molar-refractivity contribution < 1.29 is 9.47 Å². The Morgan fingerprint density at radius 1 is 1.11 bits per heavy atom. The van der Waals surface area contributed by atoms with Crippen LogP contribution in [0.4, 0.5) is 5.82 Å². The van der Waals surface area contributed by atoms with Gasteiger partial charge in [0.25, 0.3) is 0 Å². The number of anilines is 1. The number of nitrogens with one attached hydrogen (secondary N) is 1. The van der Waals surface area contributed by atoms with Crippen molar-refractivity contribution in [3.05, 3.63) is 42.0 Å². The summed E-state index contributed by atoms with van der Waals surface area (Å²) >= 11 is 0. The second kappa shape index (κ2) is 5.40. The highest BCUT2D eigenvalue weighted by atomic mass is 16.5. The molecule has 1 aromatic heterocycles. The summed E-state index contributed by atoms with van der Waals surface area (Å²) in [6, 6.07) is 11.3. The van der Waals surface area contributed by atoms with Crippen molar-refractivity contribution in [2.45, 2.75) is 6.92 Å². The normalized spacial score (nSPS) is 9.94. The van der Waals surface area contributed by atoms with Gasteiger partial charge in [0.05, 0.1) is 7.11 Å². The fourth-order valence-electron chi connectivity index (χ4n) is 1.58. The largest absolute Gasteiger partial charge is 0.493 e. The van der Waals surface area contributed by atoms with Gasteiger partial charge in [0.1, 0.15) is 5.82 Å². The number of methoxy groups -OCH3 is 1. The van der Waals surface area contributed by atoms with Gasteiger partial charge in [-0.2, -0.15) is 4.98 Å². The van der Waals surface area contributed by atoms with Gasteiger partial charge in [-0.3, -0.25) is 0 Å². The second-order valence-electron chi connectivity index (χ2n) is 3.87. The topological polar surface area (TPSA) is 43.4 Å². The molecule has 0 aliphatic rings. The molecular formula is C14H16N2O2. The Hall–Kier alpha value is -2.23. The number of aryl methyl sites for hydroxylation is 1. The molecule has 0 saturated carbocycles. The van der Waals surface area contributed by atoms with Crippen LogP contribution < -0.4 is 14.8 Å². The number of pyridine rings is 1. The minimum atomic E-state index is 0.531. The fraction of sp³-hybridized carbons (Fsp3) is 0.214. The van der Waals surface area contributed by atoms with E-state index in [9.17, 15) is 0 Å². The van der Waals surface area contributed by atoms with Crippen LogP contribution in [0.2, 0.25) is 0 Å². The maximum Gasteiger partial charge on any atom is 0.221 e. The Balaban J connectivity index is 2.27. The number of nitrogens with zero attached hydrogens (tertiary/aromatic N) is 1. The van der Waals surface area contributed by atoms with Gasteiger partial charge in [-0.05, 0) is 30.7 Å². The van der Waals surface area contributed by atoms with Gasteiger partial charge in [-0.1, -0.05) is 12.1 Å². The lowest BCUT2D eigenvalue weighted by Crippen LogP contribution is -1.95. The highest BCUT2D eigenvalue weighted by Crippen LogP contribution is 2.31. The molecule has 4 heteroatoms. The lowest BCUT2D eigenvalue weighted by atomic mass is 10.2. The van der Waals surface area contributed by atoms with Crippen LogP contribution in [0, 0.1) is 6.92 Å². The van der Waals surface area contributed by atoms with Gasteiger partial charge < -0.3 is 14.8 Å². The molecule has 0 aliphatic heterocycles. The zero-order valence-corrected chi connectivity index (χ0v) is 10.7. The zero-order valence-electron chi connectivity index (χ0n) is 10.7. The quantitative estimate of drug-likeness (QED) is 0.896. The Kier molecular flexibility index (Phi) is 3.67. The van der Waals surface area contributed by atoms with E-state index >= 15 is 0 Å². The molecule has 0 saturated heterocycles. The smallest absolute Gasteiger partial charge is 0.221 e. The summed E-state index contributed by atoms with van der Waals surface area (Å²) in [5, 5.41) is 2.97. The molecule has 1 heterocycles. The summed E-state index contributed by atoms with van der Waals surface area (Å²) in [6.07, 6.45) is 0. The van der Waals surface area contributed by atoms with Gasteiger partial charge in [-0.25, -0.2) is 0 Å². The molecule has 0 radical (unpaired) electrons. The summed E-state index contributed by atoms with van der Waals surface area (Å²) in [5.41, 5.74) is 1.12. The van der Waals surface area contributed by atoms with Gasteiger partial charge >= 0.3 is 0 Å². The third-order valence-corrected chi connectivity index (χ3v) is 2.51. The lowest BCUT2D eigenvalue weighted by Gasteiger charge is -2.10. The van der Waals surface area contributed by atoms with Crippen LogP contribution >= 0.6 is 0 Å². The number of rotatable bonds is 4. The van der Waals surface area contributed by atoms with Crippen molar-refractivity contribution >= 4 is 5.82 Å². The van der Waals surface area contributed by atoms with Crippen molar-refractivity contribution in [3.8, 4) is 17.4 Å². The maximum atomic E-state index is 5.72. The molecular weight excluding hydrogens is 228 g/mol. The van der Waals surface area contributed by atoms with Crippen LogP contribution in [0.15, 0.2) is 36.4 Å². The van der Waals surface area contributed by atoms with Crippen LogP contribution in [0.3, 0.4) is 0 Å². The number of hydrogen-bond acceptors (Lipinski definition) is 4. The van der Waals surface area contributed by atoms with Crippen molar-refractivity contribution in [1.82, 2.24) is 4.98 Å². The monoisotopic (exact) mass is 244 g/mol. The highest BCUT2D eigenvalue weighted by Gasteiger charge is 2.06. The van der Waals surface area contributed by atoms with E-state index in [1.165, 1.54) is 0 Å². The summed E-state index contributed by atoms with van der Waals surface area (Å²) < 4.78 is 11.0. The minimum absolute atomic E-state index is 0.531. The Morgan fingerprint density at radius 3 is 2.67 bits per heavy atom. The number of ether oxygens (including phenoxy) is 2. The standard InChI is InChI=1S/C14H16N2O2/c1-10-7-8-11(12(9-10)17-3)18-14-6-4-5-13(15-2)16-14/h4-9H,1-3H3,(H,15,16). The van der Waals surface area contributed by atoms with Crippen LogP contribution in [0.5, 0.6) is 17.4 Å². The first-order valence-corrected chi connectivity index (χ1v) is 5.70. The van der Waals surface area contributed by atoms with Crippen molar-refractivity contribution in [1.29, 1.82) is 0 Å². The van der Waals surface area contributed by atoms with E-state index in [-0.39, 0.29) is 0 Å². The SMILES string of the molecule is CNc1cccc(Oc2ccc(C)cc2OC)n1. The molecule has 0 aliphatic carbocycles. The van der Waals surface area contributed by atoms with Crippen LogP contribution in [-0.4, -0.2) is 19.1 Å². The molecule has 94 valence electrons. The molecule has 0 fully saturated rings. The van der Waals surface area contributed by atoms with Crippen LogP contribution in [0.25, 0.3) is 0 Å². The van der Waals surface area contributed by atoms with Gasteiger partial charge in [-0.15, -0.1) is 0 Å². The molecule has 2 aromatic rings. The summed E-state index contributed by atoms with van der Waals surface area (Å²) in [5.74, 6) is 2.65. The first kappa shape index (κ1) is 12.2. The van der Waals surface area contributed by atoms with E-state index in [0.29, 0.717) is 17.4 Å². The Labute approximate surface area is 107 Å². The first-order chi connectivity index (χ1) is 8.72. The van der Waals surface area contributed by atoms with Crippen LogP contribution in [0.1, 0.15) is 5.56 Å². The van der Waals surface area contributed by atoms with E-state index < -0.39 is 0 Å². The van der Waals surface area contributed by atoms with E-state index in [4.69, 9.17) is 9.47 Å². The van der Waals surface area contributed by atoms with Crippen molar-refractivity contribution in [3.63, 3.8) is 0 Å². The van der Waals surface area contributed by atoms with Gasteiger partial charge in [0.15, 0.2) is 11.5 Å². The molecule has 4 nitrogen and oxygen atoms in total. The minimum Gasteiger partial charge on any atom is -0.493 e. The predicted molar refractivity (Wildman–Crippen MR) is 71.6 cm³/mol. The van der Waals surface area contributed by atoms with Gasteiger partial charge in [0, 0.05) is 13.1 Å². The second-order valence-corrected chi connectivity index (χ2v) is 3.87. The third-order valence-electron chi connectivity index (χ3n) is 2.51. The summed E-state index contributed by atoms with van der Waals surface area (Å²) in [6.45, 7) is 2.01. The number of hydrogen-bond donors (Lipinski definition) is 1. The maximum absolute atomic E-state index is 5.72. The predicted octanol–water partition coefficient (Wildman–Crippen LogP) is 3.23. The molecule has 0 spiro atoms. The Bertz CT molecular complexity index is 541. The zero-order chi connectivity index (χ0) is 13.0. The average Bonchev–Trinajstić information content (AvgIpc) is 2.41. The van der Waals surface area contributed by atoms with E-state index in [1.807, 2.05) is 44.3 Å². The number of benzene rings is 1. The molecule has 18 heavy (non-hydrogen) atoms. The average molecular weight is 244 g/mol.